The van der Waals surface area contributed by atoms with Crippen molar-refractivity contribution in [3.05, 3.63) is 35.5 Å². The standard InChI is InChI=1S/C13H15N3O5/c1-7-3-4-10(20-7)9(17)6-14-12(18)13(19)15-11-5-8(2)21-16-11/h3-5,9,17H,6H2,1-2H3,(H,14,18)(H,15,16,19)/t9-/m0/s1. The molecule has 21 heavy (non-hydrogen) atoms. The minimum absolute atomic E-state index is 0.142. The number of aliphatic hydroxyl groups excluding tert-OH is 1. The van der Waals surface area contributed by atoms with E-state index in [9.17, 15) is 14.7 Å². The first-order chi connectivity index (χ1) is 9.95. The molecule has 0 radical (unpaired) electrons. The number of rotatable bonds is 4. The van der Waals surface area contributed by atoms with Gasteiger partial charge in [-0.1, -0.05) is 5.16 Å². The summed E-state index contributed by atoms with van der Waals surface area (Å²) in [7, 11) is 0. The number of aliphatic hydroxyl groups is 1. The number of hydrogen-bond donors (Lipinski definition) is 3. The monoisotopic (exact) mass is 293 g/mol. The third-order valence-corrected chi connectivity index (χ3v) is 2.62. The summed E-state index contributed by atoms with van der Waals surface area (Å²) in [6.07, 6.45) is -1.02. The van der Waals surface area contributed by atoms with Crippen LogP contribution in [0.25, 0.3) is 0 Å². The Morgan fingerprint density at radius 1 is 1.29 bits per heavy atom. The molecule has 0 aliphatic rings. The lowest BCUT2D eigenvalue weighted by Gasteiger charge is -2.09. The highest BCUT2D eigenvalue weighted by Gasteiger charge is 2.18. The van der Waals surface area contributed by atoms with E-state index < -0.39 is 17.9 Å². The van der Waals surface area contributed by atoms with Gasteiger partial charge in [-0.2, -0.15) is 0 Å². The summed E-state index contributed by atoms with van der Waals surface area (Å²) in [4.78, 5) is 23.1. The average Bonchev–Trinajstić information content (AvgIpc) is 3.04. The van der Waals surface area contributed by atoms with Crippen molar-refractivity contribution in [2.24, 2.45) is 0 Å². The molecule has 3 N–H and O–H groups in total. The van der Waals surface area contributed by atoms with Gasteiger partial charge >= 0.3 is 11.8 Å². The van der Waals surface area contributed by atoms with Gasteiger partial charge in [-0.05, 0) is 26.0 Å². The number of nitrogens with one attached hydrogen (secondary N) is 2. The number of amides is 2. The topological polar surface area (TPSA) is 118 Å². The molecule has 0 bridgehead atoms. The number of nitrogens with zero attached hydrogens (tertiary/aromatic N) is 1. The summed E-state index contributed by atoms with van der Waals surface area (Å²) >= 11 is 0. The number of aryl methyl sites for hydroxylation is 2. The zero-order valence-corrected chi connectivity index (χ0v) is 11.5. The van der Waals surface area contributed by atoms with E-state index >= 15 is 0 Å². The zero-order valence-electron chi connectivity index (χ0n) is 11.5. The highest BCUT2D eigenvalue weighted by molar-refractivity contribution is 6.39. The Bertz CT molecular complexity index is 646. The van der Waals surface area contributed by atoms with E-state index in [0.717, 1.165) is 0 Å². The van der Waals surface area contributed by atoms with Crippen LogP contribution in [0.4, 0.5) is 5.82 Å². The lowest BCUT2D eigenvalue weighted by atomic mass is 10.2. The van der Waals surface area contributed by atoms with Gasteiger partial charge in [-0.25, -0.2) is 0 Å². The maximum absolute atomic E-state index is 11.6. The van der Waals surface area contributed by atoms with E-state index in [4.69, 9.17) is 8.94 Å². The molecule has 0 aromatic carbocycles. The van der Waals surface area contributed by atoms with Crippen molar-refractivity contribution in [1.82, 2.24) is 10.5 Å². The van der Waals surface area contributed by atoms with E-state index in [2.05, 4.69) is 15.8 Å². The molecule has 0 saturated carbocycles. The van der Waals surface area contributed by atoms with E-state index in [1.54, 1.807) is 26.0 Å². The first-order valence-corrected chi connectivity index (χ1v) is 6.22. The van der Waals surface area contributed by atoms with Crippen molar-refractivity contribution < 1.29 is 23.6 Å². The van der Waals surface area contributed by atoms with Crippen LogP contribution in [0, 0.1) is 13.8 Å². The fourth-order valence-electron chi connectivity index (χ4n) is 1.60. The first kappa shape index (κ1) is 14.8. The molecule has 0 saturated heterocycles. The number of hydrogen-bond acceptors (Lipinski definition) is 6. The molecule has 0 spiro atoms. The van der Waals surface area contributed by atoms with E-state index in [-0.39, 0.29) is 12.4 Å². The van der Waals surface area contributed by atoms with Crippen molar-refractivity contribution in [2.45, 2.75) is 20.0 Å². The van der Waals surface area contributed by atoms with Gasteiger partial charge in [0.05, 0.1) is 6.54 Å². The van der Waals surface area contributed by atoms with Crippen LogP contribution in [0.5, 0.6) is 0 Å². The third-order valence-electron chi connectivity index (χ3n) is 2.62. The predicted octanol–water partition coefficient (Wildman–Crippen LogP) is 0.673. The summed E-state index contributed by atoms with van der Waals surface area (Å²) in [5.74, 6) is -0.164. The molecule has 1 atom stereocenters. The summed E-state index contributed by atoms with van der Waals surface area (Å²) in [6.45, 7) is 3.25. The maximum atomic E-state index is 11.6. The number of furan rings is 1. The van der Waals surface area contributed by atoms with Crippen molar-refractivity contribution >= 4 is 17.6 Å². The Kier molecular flexibility index (Phi) is 4.39. The molecule has 2 aromatic rings. The van der Waals surface area contributed by atoms with Gasteiger partial charge in [0.1, 0.15) is 23.4 Å². The lowest BCUT2D eigenvalue weighted by Crippen LogP contribution is -2.37. The molecular weight excluding hydrogens is 278 g/mol. The number of carbonyl (C=O) groups excluding carboxylic acids is 2. The van der Waals surface area contributed by atoms with E-state index in [0.29, 0.717) is 17.3 Å². The second kappa shape index (κ2) is 6.23. The minimum Gasteiger partial charge on any atom is -0.464 e. The quantitative estimate of drug-likeness (QED) is 0.713. The number of aromatic nitrogens is 1. The molecule has 2 rings (SSSR count). The molecular formula is C13H15N3O5. The second-order valence-corrected chi connectivity index (χ2v) is 4.45. The van der Waals surface area contributed by atoms with Gasteiger partial charge < -0.3 is 19.4 Å². The van der Waals surface area contributed by atoms with Crippen LogP contribution in [0.1, 0.15) is 23.4 Å². The van der Waals surface area contributed by atoms with Crippen LogP contribution >= 0.6 is 0 Å². The highest BCUT2D eigenvalue weighted by Crippen LogP contribution is 2.15. The van der Waals surface area contributed by atoms with Crippen LogP contribution in [-0.4, -0.2) is 28.6 Å². The van der Waals surface area contributed by atoms with Gasteiger partial charge in [0.25, 0.3) is 0 Å². The summed E-state index contributed by atoms with van der Waals surface area (Å²) in [6, 6.07) is 4.77. The Labute approximate surface area is 120 Å². The SMILES string of the molecule is Cc1cc(NC(=O)C(=O)NC[C@H](O)c2ccc(C)o2)no1. The minimum atomic E-state index is -1.02. The lowest BCUT2D eigenvalue weighted by molar-refractivity contribution is -0.136. The van der Waals surface area contributed by atoms with Crippen LogP contribution in [0.15, 0.2) is 27.1 Å². The highest BCUT2D eigenvalue weighted by atomic mass is 16.5. The molecule has 0 aliphatic heterocycles. The van der Waals surface area contributed by atoms with Gasteiger partial charge in [0, 0.05) is 6.07 Å². The Balaban J connectivity index is 1.82. The van der Waals surface area contributed by atoms with Crippen molar-refractivity contribution in [1.29, 1.82) is 0 Å². The molecule has 8 heteroatoms. The third kappa shape index (κ3) is 3.93. The zero-order chi connectivity index (χ0) is 15.4. The molecule has 2 amide bonds. The predicted molar refractivity (Wildman–Crippen MR) is 71.3 cm³/mol. The fourth-order valence-corrected chi connectivity index (χ4v) is 1.60. The van der Waals surface area contributed by atoms with E-state index in [1.165, 1.54) is 6.07 Å². The Morgan fingerprint density at radius 2 is 2.05 bits per heavy atom. The van der Waals surface area contributed by atoms with Crippen molar-refractivity contribution in [3.63, 3.8) is 0 Å². The number of carbonyl (C=O) groups is 2. The molecule has 8 nitrogen and oxygen atoms in total. The molecule has 2 heterocycles. The van der Waals surface area contributed by atoms with E-state index in [1.807, 2.05) is 0 Å². The Morgan fingerprint density at radius 3 is 2.62 bits per heavy atom. The molecule has 0 fully saturated rings. The summed E-state index contributed by atoms with van der Waals surface area (Å²) < 4.78 is 9.97. The van der Waals surface area contributed by atoms with Gasteiger partial charge in [0.2, 0.25) is 0 Å². The molecule has 2 aromatic heterocycles. The Hall–Kier alpha value is -2.61. The smallest absolute Gasteiger partial charge is 0.314 e. The van der Waals surface area contributed by atoms with Crippen molar-refractivity contribution in [3.8, 4) is 0 Å². The first-order valence-electron chi connectivity index (χ1n) is 6.22. The van der Waals surface area contributed by atoms with Gasteiger partial charge in [-0.15, -0.1) is 0 Å². The number of anilines is 1. The molecule has 0 aliphatic carbocycles. The van der Waals surface area contributed by atoms with Crippen molar-refractivity contribution in [2.75, 3.05) is 11.9 Å². The van der Waals surface area contributed by atoms with Gasteiger partial charge in [-0.3, -0.25) is 14.9 Å². The fraction of sp³-hybridized carbons (Fsp3) is 0.308. The molecule has 0 unspecified atom stereocenters. The maximum Gasteiger partial charge on any atom is 0.314 e. The summed E-state index contributed by atoms with van der Waals surface area (Å²) in [5, 5.41) is 17.9. The second-order valence-electron chi connectivity index (χ2n) is 4.45. The van der Waals surface area contributed by atoms with Crippen LogP contribution < -0.4 is 10.6 Å². The van der Waals surface area contributed by atoms with Crippen LogP contribution in [-0.2, 0) is 9.59 Å². The summed E-state index contributed by atoms with van der Waals surface area (Å²) in [5.41, 5.74) is 0. The normalized spacial score (nSPS) is 12.0. The van der Waals surface area contributed by atoms with Crippen LogP contribution in [0.3, 0.4) is 0 Å². The van der Waals surface area contributed by atoms with Crippen LogP contribution in [0.2, 0.25) is 0 Å². The largest absolute Gasteiger partial charge is 0.464 e. The molecule has 112 valence electrons. The average molecular weight is 293 g/mol. The van der Waals surface area contributed by atoms with Gasteiger partial charge in [0.15, 0.2) is 5.82 Å².